The van der Waals surface area contributed by atoms with Crippen LogP contribution in [0, 0.1) is 12.8 Å². The molecule has 0 amide bonds. The molecule has 0 heterocycles. The number of hydrogen-bond acceptors (Lipinski definition) is 3. The first-order valence-electron chi connectivity index (χ1n) is 11.3. The number of alkyl halides is 2. The smallest absolute Gasteiger partial charge is 0.270 e. The van der Waals surface area contributed by atoms with E-state index in [-0.39, 0.29) is 23.0 Å². The van der Waals surface area contributed by atoms with Crippen LogP contribution in [0.1, 0.15) is 67.9 Å². The lowest BCUT2D eigenvalue weighted by Gasteiger charge is -2.26. The van der Waals surface area contributed by atoms with Crippen molar-refractivity contribution in [2.24, 2.45) is 5.92 Å². The number of aryl methyl sites for hydroxylation is 3. The number of hydrogen-bond donors (Lipinski definition) is 1. The molecule has 0 radical (unpaired) electrons. The maximum Gasteiger partial charge on any atom is 0.270 e. The molecule has 1 N–H and O–H groups in total. The number of allylic oxidation sites excluding steroid dienone is 2. The van der Waals surface area contributed by atoms with Crippen LogP contribution in [-0.2, 0) is 23.6 Å². The van der Waals surface area contributed by atoms with Crippen molar-refractivity contribution in [3.05, 3.63) is 70.0 Å². The number of thioether (sulfide) groups is 1. The van der Waals surface area contributed by atoms with Gasteiger partial charge in [0.15, 0.2) is 5.78 Å². The molecule has 0 saturated heterocycles. The van der Waals surface area contributed by atoms with E-state index in [1.54, 1.807) is 23.9 Å². The Kier molecular flexibility index (Phi) is 7.81. The summed E-state index contributed by atoms with van der Waals surface area (Å²) in [6.45, 7) is 7.12. The summed E-state index contributed by atoms with van der Waals surface area (Å²) in [4.78, 5) is 14.0. The van der Waals surface area contributed by atoms with E-state index in [0.717, 1.165) is 53.5 Å². The van der Waals surface area contributed by atoms with Crippen LogP contribution in [0.15, 0.2) is 47.1 Å². The Morgan fingerprint density at radius 1 is 1.06 bits per heavy atom. The second-order valence-electron chi connectivity index (χ2n) is 8.73. The number of carbonyl (C=O) groups is 1. The van der Waals surface area contributed by atoms with Crippen LogP contribution in [0.2, 0.25) is 0 Å². The minimum atomic E-state index is -2.83. The van der Waals surface area contributed by atoms with Gasteiger partial charge in [0.1, 0.15) is 5.76 Å². The Bertz CT molecular complexity index is 978. The third kappa shape index (κ3) is 5.61. The molecule has 1 aliphatic rings. The SMILES string of the molecule is CCc1cc(C)cc(CC)c1C1=C(O)CC(CCSc2ccc(C(C)(F)F)cc2)CC1=O. The Balaban J connectivity index is 1.69. The lowest BCUT2D eigenvalue weighted by atomic mass is 9.79. The topological polar surface area (TPSA) is 37.3 Å². The van der Waals surface area contributed by atoms with Gasteiger partial charge in [-0.15, -0.1) is 11.8 Å². The van der Waals surface area contributed by atoms with Crippen LogP contribution in [0.4, 0.5) is 8.78 Å². The minimum absolute atomic E-state index is 0.0105. The normalized spacial score (nSPS) is 17.2. The number of rotatable bonds is 8. The van der Waals surface area contributed by atoms with E-state index >= 15 is 0 Å². The van der Waals surface area contributed by atoms with Crippen molar-refractivity contribution in [1.82, 2.24) is 0 Å². The third-order valence-corrected chi connectivity index (χ3v) is 7.18. The molecule has 3 rings (SSSR count). The standard InChI is InChI=1S/C27H32F2O2S/c1-5-19-13-17(3)14-20(6-2)25(19)26-23(30)15-18(16-24(26)31)11-12-32-22-9-7-21(8-10-22)27(4,28)29/h7-10,13-14,18,30H,5-6,11-12,15-16H2,1-4H3. The maximum atomic E-state index is 13.4. The second kappa shape index (κ2) is 10.2. The van der Waals surface area contributed by atoms with Crippen LogP contribution >= 0.6 is 11.8 Å². The highest BCUT2D eigenvalue weighted by atomic mass is 32.2. The molecule has 0 spiro atoms. The molecule has 1 atom stereocenters. The van der Waals surface area contributed by atoms with Gasteiger partial charge in [0.25, 0.3) is 5.92 Å². The summed E-state index contributed by atoms with van der Waals surface area (Å²) in [5, 5.41) is 10.9. The summed E-state index contributed by atoms with van der Waals surface area (Å²) in [7, 11) is 0. The van der Waals surface area contributed by atoms with E-state index in [9.17, 15) is 18.7 Å². The summed E-state index contributed by atoms with van der Waals surface area (Å²) in [6, 6.07) is 10.6. The quantitative estimate of drug-likeness (QED) is 0.413. The lowest BCUT2D eigenvalue weighted by Crippen LogP contribution is -2.21. The molecule has 0 saturated carbocycles. The summed E-state index contributed by atoms with van der Waals surface area (Å²) in [5.41, 5.74) is 4.87. The van der Waals surface area contributed by atoms with E-state index in [4.69, 9.17) is 0 Å². The van der Waals surface area contributed by atoms with Crippen molar-refractivity contribution >= 4 is 23.1 Å². The fraction of sp³-hybridized carbons (Fsp3) is 0.444. The first kappa shape index (κ1) is 24.5. The Morgan fingerprint density at radius 2 is 1.66 bits per heavy atom. The number of aliphatic hydroxyl groups excluding tert-OH is 1. The van der Waals surface area contributed by atoms with Crippen molar-refractivity contribution in [3.8, 4) is 0 Å². The van der Waals surface area contributed by atoms with Crippen LogP contribution in [0.3, 0.4) is 0 Å². The van der Waals surface area contributed by atoms with Gasteiger partial charge >= 0.3 is 0 Å². The van der Waals surface area contributed by atoms with E-state index in [1.165, 1.54) is 17.7 Å². The average Bonchev–Trinajstić information content (AvgIpc) is 2.73. The average molecular weight is 459 g/mol. The summed E-state index contributed by atoms with van der Waals surface area (Å²) in [5.74, 6) is -1.74. The van der Waals surface area contributed by atoms with Gasteiger partial charge < -0.3 is 5.11 Å². The monoisotopic (exact) mass is 458 g/mol. The Labute approximate surface area is 194 Å². The Hall–Kier alpha value is -2.14. The molecule has 2 aromatic carbocycles. The molecule has 0 fully saturated rings. The van der Waals surface area contributed by atoms with Gasteiger partial charge in [0.05, 0.1) is 5.57 Å². The highest BCUT2D eigenvalue weighted by molar-refractivity contribution is 7.99. The summed E-state index contributed by atoms with van der Waals surface area (Å²) in [6.07, 6.45) is 3.35. The molecule has 1 unspecified atom stereocenters. The van der Waals surface area contributed by atoms with Gasteiger partial charge in [0, 0.05) is 30.2 Å². The van der Waals surface area contributed by atoms with Crippen molar-refractivity contribution < 1.29 is 18.7 Å². The molecular weight excluding hydrogens is 426 g/mol. The van der Waals surface area contributed by atoms with Gasteiger partial charge in [-0.2, -0.15) is 0 Å². The summed E-state index contributed by atoms with van der Waals surface area (Å²) >= 11 is 1.59. The first-order valence-corrected chi connectivity index (χ1v) is 12.3. The molecule has 0 aliphatic heterocycles. The van der Waals surface area contributed by atoms with Gasteiger partial charge in [-0.25, -0.2) is 8.78 Å². The fourth-order valence-electron chi connectivity index (χ4n) is 4.47. The largest absolute Gasteiger partial charge is 0.512 e. The van der Waals surface area contributed by atoms with Crippen molar-refractivity contribution in [1.29, 1.82) is 0 Å². The maximum absolute atomic E-state index is 13.4. The summed E-state index contributed by atoms with van der Waals surface area (Å²) < 4.78 is 26.7. The lowest BCUT2D eigenvalue weighted by molar-refractivity contribution is -0.115. The van der Waals surface area contributed by atoms with E-state index < -0.39 is 5.92 Å². The molecule has 2 aromatic rings. The van der Waals surface area contributed by atoms with Crippen LogP contribution in [-0.4, -0.2) is 16.6 Å². The van der Waals surface area contributed by atoms with E-state index in [2.05, 4.69) is 32.9 Å². The van der Waals surface area contributed by atoms with Gasteiger partial charge in [-0.3, -0.25) is 4.79 Å². The number of carbonyl (C=O) groups excluding carboxylic acids is 1. The molecule has 1 aliphatic carbocycles. The first-order chi connectivity index (χ1) is 15.1. The number of aliphatic hydroxyl groups is 1. The predicted molar refractivity (Wildman–Crippen MR) is 129 cm³/mol. The zero-order valence-electron chi connectivity index (χ0n) is 19.3. The molecule has 172 valence electrons. The second-order valence-corrected chi connectivity index (χ2v) is 9.90. The highest BCUT2D eigenvalue weighted by Crippen LogP contribution is 2.38. The number of benzene rings is 2. The number of Topliss-reactive ketones (excluding diaryl/α,β-unsaturated/α-hetero) is 1. The van der Waals surface area contributed by atoms with Crippen LogP contribution in [0.5, 0.6) is 0 Å². The van der Waals surface area contributed by atoms with E-state index in [1.807, 2.05) is 0 Å². The van der Waals surface area contributed by atoms with Crippen LogP contribution in [0.25, 0.3) is 5.57 Å². The number of halogens is 2. The van der Waals surface area contributed by atoms with Gasteiger partial charge in [0.2, 0.25) is 0 Å². The van der Waals surface area contributed by atoms with Gasteiger partial charge in [-0.1, -0.05) is 43.7 Å². The van der Waals surface area contributed by atoms with Crippen molar-refractivity contribution in [2.45, 2.75) is 70.6 Å². The minimum Gasteiger partial charge on any atom is -0.512 e. The highest BCUT2D eigenvalue weighted by Gasteiger charge is 2.30. The molecule has 2 nitrogen and oxygen atoms in total. The van der Waals surface area contributed by atoms with Gasteiger partial charge in [-0.05, 0) is 66.7 Å². The van der Waals surface area contributed by atoms with E-state index in [0.29, 0.717) is 18.4 Å². The van der Waals surface area contributed by atoms with Crippen molar-refractivity contribution in [2.75, 3.05) is 5.75 Å². The molecule has 0 aromatic heterocycles. The predicted octanol–water partition coefficient (Wildman–Crippen LogP) is 7.66. The molecule has 32 heavy (non-hydrogen) atoms. The fourth-order valence-corrected chi connectivity index (χ4v) is 5.48. The van der Waals surface area contributed by atoms with Crippen molar-refractivity contribution in [3.63, 3.8) is 0 Å². The third-order valence-electron chi connectivity index (χ3n) is 6.14. The zero-order chi connectivity index (χ0) is 23.5. The van der Waals surface area contributed by atoms with Crippen LogP contribution < -0.4 is 0 Å². The Morgan fingerprint density at radius 3 is 2.16 bits per heavy atom. The molecular formula is C27H32F2O2S. The zero-order valence-corrected chi connectivity index (χ0v) is 20.1. The molecule has 0 bridgehead atoms. The number of ketones is 1. The molecule has 5 heteroatoms.